The summed E-state index contributed by atoms with van der Waals surface area (Å²) in [5, 5.41) is 13.5. The number of nitrogens with one attached hydrogen (secondary N) is 1. The zero-order valence-electron chi connectivity index (χ0n) is 14.3. The molecular weight excluding hydrogens is 318 g/mol. The summed E-state index contributed by atoms with van der Waals surface area (Å²) in [6.45, 7) is 2.43. The number of hydrogen-bond acceptors (Lipinski definition) is 5. The maximum atomic E-state index is 12.1. The van der Waals surface area contributed by atoms with Crippen molar-refractivity contribution in [3.8, 4) is 5.75 Å². The second-order valence-electron chi connectivity index (χ2n) is 6.49. The Balaban J connectivity index is 1.55. The van der Waals surface area contributed by atoms with Gasteiger partial charge in [0.1, 0.15) is 18.2 Å². The molecular formula is C19H23N3O3. The van der Waals surface area contributed by atoms with E-state index < -0.39 is 6.10 Å². The van der Waals surface area contributed by atoms with Gasteiger partial charge in [-0.15, -0.1) is 0 Å². The minimum atomic E-state index is -0.609. The molecule has 0 aliphatic heterocycles. The second-order valence-corrected chi connectivity index (χ2v) is 6.49. The maximum absolute atomic E-state index is 12.1. The Morgan fingerprint density at radius 3 is 2.68 bits per heavy atom. The molecule has 1 aliphatic rings. The fraction of sp³-hybridized carbons (Fsp3) is 0.421. The highest BCUT2D eigenvalue weighted by Crippen LogP contribution is 2.28. The number of aliphatic hydroxyl groups excluding tert-OH is 1. The van der Waals surface area contributed by atoms with Crippen molar-refractivity contribution in [1.29, 1.82) is 0 Å². The smallest absolute Gasteiger partial charge is 0.254 e. The summed E-state index contributed by atoms with van der Waals surface area (Å²) in [5.74, 6) is 0.507. The van der Waals surface area contributed by atoms with Gasteiger partial charge in [0.05, 0.1) is 11.7 Å². The molecule has 1 saturated carbocycles. The van der Waals surface area contributed by atoms with E-state index >= 15 is 0 Å². The van der Waals surface area contributed by atoms with E-state index in [1.54, 1.807) is 0 Å². The van der Waals surface area contributed by atoms with E-state index in [0.29, 0.717) is 12.1 Å². The van der Waals surface area contributed by atoms with Crippen molar-refractivity contribution in [3.63, 3.8) is 0 Å². The van der Waals surface area contributed by atoms with Gasteiger partial charge in [-0.3, -0.25) is 4.79 Å². The van der Waals surface area contributed by atoms with Crippen molar-refractivity contribution in [1.82, 2.24) is 15.3 Å². The third kappa shape index (κ3) is 4.54. The maximum Gasteiger partial charge on any atom is 0.254 e. The van der Waals surface area contributed by atoms with Gasteiger partial charge < -0.3 is 15.2 Å². The van der Waals surface area contributed by atoms with Crippen LogP contribution in [0.2, 0.25) is 0 Å². The summed E-state index contributed by atoms with van der Waals surface area (Å²) in [6, 6.07) is 7.82. The Labute approximate surface area is 147 Å². The molecule has 1 heterocycles. The number of amides is 1. The fourth-order valence-electron chi connectivity index (χ4n) is 3.11. The predicted molar refractivity (Wildman–Crippen MR) is 93.3 cm³/mol. The Morgan fingerprint density at radius 2 is 1.96 bits per heavy atom. The first-order valence-corrected chi connectivity index (χ1v) is 8.58. The van der Waals surface area contributed by atoms with Gasteiger partial charge in [0.2, 0.25) is 0 Å². The third-order valence-corrected chi connectivity index (χ3v) is 4.58. The Hall–Kier alpha value is -2.47. The average Bonchev–Trinajstić information content (AvgIpc) is 2.64. The van der Waals surface area contributed by atoms with E-state index in [9.17, 15) is 9.90 Å². The van der Waals surface area contributed by atoms with Crippen LogP contribution in [0.25, 0.3) is 0 Å². The lowest BCUT2D eigenvalue weighted by molar-refractivity contribution is -0.0301. The molecule has 6 nitrogen and oxygen atoms in total. The number of benzene rings is 1. The van der Waals surface area contributed by atoms with Crippen LogP contribution in [-0.4, -0.2) is 39.7 Å². The van der Waals surface area contributed by atoms with Crippen molar-refractivity contribution < 1.29 is 14.6 Å². The molecule has 132 valence electrons. The SMILES string of the molecule is Cc1ccc(O[C@@H]2CCC[C@H](CNC(=O)c3cncnc3)[C@H]2O)cc1. The third-order valence-electron chi connectivity index (χ3n) is 4.58. The van der Waals surface area contributed by atoms with Crippen molar-refractivity contribution in [2.75, 3.05) is 6.54 Å². The lowest BCUT2D eigenvalue weighted by Crippen LogP contribution is -2.45. The highest BCUT2D eigenvalue weighted by atomic mass is 16.5. The molecule has 3 atom stereocenters. The molecule has 2 aromatic rings. The normalized spacial score (nSPS) is 23.0. The standard InChI is InChI=1S/C19H23N3O3/c1-13-5-7-16(8-6-13)25-17-4-2-3-14(18(17)23)11-22-19(24)15-9-20-12-21-10-15/h5-10,12,14,17-18,23H,2-4,11H2,1H3,(H,22,24)/t14-,17-,18-/m1/s1. The topological polar surface area (TPSA) is 84.3 Å². The number of hydrogen-bond donors (Lipinski definition) is 2. The number of aryl methyl sites for hydroxylation is 1. The summed E-state index contributed by atoms with van der Waals surface area (Å²) in [4.78, 5) is 19.8. The first-order chi connectivity index (χ1) is 12.1. The number of ether oxygens (including phenoxy) is 1. The fourth-order valence-corrected chi connectivity index (χ4v) is 3.11. The van der Waals surface area contributed by atoms with Gasteiger partial charge in [0.25, 0.3) is 5.91 Å². The van der Waals surface area contributed by atoms with Crippen LogP contribution in [0.3, 0.4) is 0 Å². The summed E-state index contributed by atoms with van der Waals surface area (Å²) in [7, 11) is 0. The molecule has 0 bridgehead atoms. The van der Waals surface area contributed by atoms with E-state index in [4.69, 9.17) is 4.74 Å². The van der Waals surface area contributed by atoms with Gasteiger partial charge in [-0.25, -0.2) is 9.97 Å². The second kappa shape index (κ2) is 8.07. The average molecular weight is 341 g/mol. The highest BCUT2D eigenvalue weighted by Gasteiger charge is 2.33. The van der Waals surface area contributed by atoms with Crippen LogP contribution in [0.1, 0.15) is 35.2 Å². The largest absolute Gasteiger partial charge is 0.488 e. The van der Waals surface area contributed by atoms with Crippen LogP contribution in [0, 0.1) is 12.8 Å². The van der Waals surface area contributed by atoms with Crippen LogP contribution >= 0.6 is 0 Å². The van der Waals surface area contributed by atoms with E-state index in [1.807, 2.05) is 31.2 Å². The Kier molecular flexibility index (Phi) is 5.60. The molecule has 2 N–H and O–H groups in total. The van der Waals surface area contributed by atoms with Gasteiger partial charge in [-0.1, -0.05) is 17.7 Å². The molecule has 1 aliphatic carbocycles. The number of carbonyl (C=O) groups is 1. The van der Waals surface area contributed by atoms with Crippen molar-refractivity contribution >= 4 is 5.91 Å². The summed E-state index contributed by atoms with van der Waals surface area (Å²) in [6.07, 6.45) is 6.11. The quantitative estimate of drug-likeness (QED) is 0.870. The molecule has 1 amide bonds. The molecule has 1 aromatic carbocycles. The molecule has 25 heavy (non-hydrogen) atoms. The highest BCUT2D eigenvalue weighted by molar-refractivity contribution is 5.93. The molecule has 3 rings (SSSR count). The molecule has 0 unspecified atom stereocenters. The number of rotatable bonds is 5. The van der Waals surface area contributed by atoms with Crippen molar-refractivity contribution in [3.05, 3.63) is 54.1 Å². The molecule has 1 fully saturated rings. The predicted octanol–water partition coefficient (Wildman–Crippen LogP) is 2.12. The van der Waals surface area contributed by atoms with Crippen LogP contribution in [0.15, 0.2) is 43.0 Å². The van der Waals surface area contributed by atoms with E-state index in [-0.39, 0.29) is 17.9 Å². The number of aromatic nitrogens is 2. The lowest BCUT2D eigenvalue weighted by Gasteiger charge is -2.35. The van der Waals surface area contributed by atoms with Crippen LogP contribution in [-0.2, 0) is 0 Å². The van der Waals surface area contributed by atoms with Crippen molar-refractivity contribution in [2.45, 2.75) is 38.4 Å². The van der Waals surface area contributed by atoms with E-state index in [0.717, 1.165) is 25.0 Å². The van der Waals surface area contributed by atoms with Crippen molar-refractivity contribution in [2.24, 2.45) is 5.92 Å². The number of nitrogens with zero attached hydrogens (tertiary/aromatic N) is 2. The van der Waals surface area contributed by atoms with Gasteiger partial charge in [-0.2, -0.15) is 0 Å². The zero-order valence-corrected chi connectivity index (χ0v) is 14.3. The monoisotopic (exact) mass is 341 g/mol. The van der Waals surface area contributed by atoms with Gasteiger partial charge in [0.15, 0.2) is 0 Å². The summed E-state index contributed by atoms with van der Waals surface area (Å²) >= 11 is 0. The van der Waals surface area contributed by atoms with Gasteiger partial charge in [0, 0.05) is 24.9 Å². The van der Waals surface area contributed by atoms with E-state index in [1.165, 1.54) is 24.3 Å². The first-order valence-electron chi connectivity index (χ1n) is 8.58. The minimum Gasteiger partial charge on any atom is -0.488 e. The molecule has 0 spiro atoms. The summed E-state index contributed by atoms with van der Waals surface area (Å²) < 4.78 is 5.96. The van der Waals surface area contributed by atoms with Crippen LogP contribution in [0.4, 0.5) is 0 Å². The first kappa shape index (κ1) is 17.4. The summed E-state index contributed by atoms with van der Waals surface area (Å²) in [5.41, 5.74) is 1.59. The molecule has 0 radical (unpaired) electrons. The zero-order chi connectivity index (χ0) is 17.6. The van der Waals surface area contributed by atoms with Gasteiger partial charge in [-0.05, 0) is 38.3 Å². The Bertz CT molecular complexity index is 691. The molecule has 1 aromatic heterocycles. The molecule has 6 heteroatoms. The Morgan fingerprint density at radius 1 is 1.24 bits per heavy atom. The lowest BCUT2D eigenvalue weighted by atomic mass is 9.84. The van der Waals surface area contributed by atoms with E-state index in [2.05, 4.69) is 15.3 Å². The number of carbonyl (C=O) groups excluding carboxylic acids is 1. The molecule has 0 saturated heterocycles. The number of aliphatic hydroxyl groups is 1. The van der Waals surface area contributed by atoms with Crippen LogP contribution in [0.5, 0.6) is 5.75 Å². The van der Waals surface area contributed by atoms with Gasteiger partial charge >= 0.3 is 0 Å². The van der Waals surface area contributed by atoms with Crippen LogP contribution < -0.4 is 10.1 Å². The minimum absolute atomic E-state index is 0.0298.